The summed E-state index contributed by atoms with van der Waals surface area (Å²) in [6.45, 7) is 8.62. The van der Waals surface area contributed by atoms with Crippen molar-refractivity contribution in [3.05, 3.63) is 29.8 Å². The standard InChI is InChI=1S/C18H27N3O/c1-3-9-21-10-8-17-16(13-21)18(20-19-17)14-6-5-7-15(12-14)22-11-4-2/h5-7,12,16,18,20H,3-4,8-11,13H2,1-2H3. The maximum Gasteiger partial charge on any atom is 0.119 e. The second-order valence-corrected chi connectivity index (χ2v) is 6.29. The van der Waals surface area contributed by atoms with E-state index in [-0.39, 0.29) is 0 Å². The molecule has 2 heterocycles. The molecule has 0 saturated carbocycles. The van der Waals surface area contributed by atoms with Gasteiger partial charge in [0.25, 0.3) is 0 Å². The van der Waals surface area contributed by atoms with E-state index < -0.39 is 0 Å². The predicted octanol–water partition coefficient (Wildman–Crippen LogP) is 3.21. The molecule has 0 aliphatic carbocycles. The van der Waals surface area contributed by atoms with Gasteiger partial charge in [-0.2, -0.15) is 5.10 Å². The predicted molar refractivity (Wildman–Crippen MR) is 90.4 cm³/mol. The van der Waals surface area contributed by atoms with Gasteiger partial charge in [0, 0.05) is 31.1 Å². The van der Waals surface area contributed by atoms with Gasteiger partial charge in [-0.3, -0.25) is 0 Å². The van der Waals surface area contributed by atoms with Crippen LogP contribution < -0.4 is 10.2 Å². The lowest BCUT2D eigenvalue weighted by atomic mass is 9.86. The Kier molecular flexibility index (Phi) is 4.98. The molecule has 2 aliphatic heterocycles. The first kappa shape index (κ1) is 15.3. The largest absolute Gasteiger partial charge is 0.494 e. The molecule has 2 aliphatic rings. The molecule has 22 heavy (non-hydrogen) atoms. The number of likely N-dealkylation sites (tertiary alicyclic amines) is 1. The molecule has 0 amide bonds. The summed E-state index contributed by atoms with van der Waals surface area (Å²) in [5, 5.41) is 4.60. The highest BCUT2D eigenvalue weighted by Gasteiger charge is 2.36. The zero-order chi connectivity index (χ0) is 15.4. The summed E-state index contributed by atoms with van der Waals surface area (Å²) in [6, 6.07) is 8.78. The van der Waals surface area contributed by atoms with Crippen molar-refractivity contribution in [1.29, 1.82) is 0 Å². The Hall–Kier alpha value is -1.55. The molecular formula is C18H27N3O. The van der Waals surface area contributed by atoms with Crippen molar-refractivity contribution in [2.45, 2.75) is 39.2 Å². The van der Waals surface area contributed by atoms with Gasteiger partial charge in [0.15, 0.2) is 0 Å². The van der Waals surface area contributed by atoms with E-state index in [4.69, 9.17) is 4.74 Å². The van der Waals surface area contributed by atoms with Gasteiger partial charge in [0.2, 0.25) is 0 Å². The number of benzene rings is 1. The Morgan fingerprint density at radius 2 is 2.23 bits per heavy atom. The van der Waals surface area contributed by atoms with Crippen LogP contribution in [0.4, 0.5) is 0 Å². The average molecular weight is 301 g/mol. The fourth-order valence-corrected chi connectivity index (χ4v) is 3.46. The molecule has 4 nitrogen and oxygen atoms in total. The van der Waals surface area contributed by atoms with E-state index in [0.717, 1.165) is 38.3 Å². The molecule has 0 aromatic heterocycles. The molecule has 0 spiro atoms. The van der Waals surface area contributed by atoms with Crippen molar-refractivity contribution in [2.75, 3.05) is 26.2 Å². The van der Waals surface area contributed by atoms with Crippen LogP contribution >= 0.6 is 0 Å². The summed E-state index contributed by atoms with van der Waals surface area (Å²) in [7, 11) is 0. The highest BCUT2D eigenvalue weighted by atomic mass is 16.5. The molecule has 3 rings (SSSR count). The third-order valence-corrected chi connectivity index (χ3v) is 4.55. The first-order chi connectivity index (χ1) is 10.8. The summed E-state index contributed by atoms with van der Waals surface area (Å²) in [5.41, 5.74) is 6.00. The molecule has 1 aromatic rings. The first-order valence-electron chi connectivity index (χ1n) is 8.59. The molecule has 1 saturated heterocycles. The van der Waals surface area contributed by atoms with Crippen LogP contribution in [0.25, 0.3) is 0 Å². The number of ether oxygens (including phenoxy) is 1. The van der Waals surface area contributed by atoms with E-state index >= 15 is 0 Å². The fraction of sp³-hybridized carbons (Fsp3) is 0.611. The van der Waals surface area contributed by atoms with E-state index in [1.807, 2.05) is 6.07 Å². The number of hydrazone groups is 1. The molecule has 4 heteroatoms. The van der Waals surface area contributed by atoms with Crippen LogP contribution in [0, 0.1) is 5.92 Å². The molecule has 1 N–H and O–H groups in total. The van der Waals surface area contributed by atoms with E-state index in [1.165, 1.54) is 24.2 Å². The number of hydrogen-bond donors (Lipinski definition) is 1. The average Bonchev–Trinajstić information content (AvgIpc) is 2.97. The minimum atomic E-state index is 0.292. The molecular weight excluding hydrogens is 274 g/mol. The van der Waals surface area contributed by atoms with E-state index in [2.05, 4.69) is 47.5 Å². The van der Waals surface area contributed by atoms with Crippen LogP contribution in [0.5, 0.6) is 5.75 Å². The smallest absolute Gasteiger partial charge is 0.119 e. The van der Waals surface area contributed by atoms with Gasteiger partial charge in [-0.25, -0.2) is 0 Å². The summed E-state index contributed by atoms with van der Waals surface area (Å²) >= 11 is 0. The van der Waals surface area contributed by atoms with Crippen molar-refractivity contribution in [3.63, 3.8) is 0 Å². The van der Waals surface area contributed by atoms with Crippen molar-refractivity contribution in [1.82, 2.24) is 10.3 Å². The van der Waals surface area contributed by atoms with Gasteiger partial charge in [-0.1, -0.05) is 26.0 Å². The number of rotatable bonds is 6. The lowest BCUT2D eigenvalue weighted by Crippen LogP contribution is -2.42. The van der Waals surface area contributed by atoms with Gasteiger partial charge in [-0.15, -0.1) is 0 Å². The lowest BCUT2D eigenvalue weighted by Gasteiger charge is -2.33. The van der Waals surface area contributed by atoms with Crippen LogP contribution in [0.15, 0.2) is 29.4 Å². The quantitative estimate of drug-likeness (QED) is 0.876. The van der Waals surface area contributed by atoms with Gasteiger partial charge in [-0.05, 0) is 37.1 Å². The summed E-state index contributed by atoms with van der Waals surface area (Å²) in [6.07, 6.45) is 3.35. The highest BCUT2D eigenvalue weighted by molar-refractivity contribution is 5.89. The second-order valence-electron chi connectivity index (χ2n) is 6.29. The summed E-state index contributed by atoms with van der Waals surface area (Å²) in [4.78, 5) is 2.57. The van der Waals surface area contributed by atoms with Crippen LogP contribution in [0.3, 0.4) is 0 Å². The fourth-order valence-electron chi connectivity index (χ4n) is 3.46. The Labute approximate surface area is 133 Å². The van der Waals surface area contributed by atoms with Crippen LogP contribution in [-0.4, -0.2) is 36.9 Å². The summed E-state index contributed by atoms with van der Waals surface area (Å²) < 4.78 is 5.78. The van der Waals surface area contributed by atoms with Crippen LogP contribution in [-0.2, 0) is 0 Å². The van der Waals surface area contributed by atoms with Gasteiger partial charge < -0.3 is 15.1 Å². The van der Waals surface area contributed by atoms with Crippen molar-refractivity contribution >= 4 is 5.71 Å². The lowest BCUT2D eigenvalue weighted by molar-refractivity contribution is 0.228. The molecule has 2 atom stereocenters. The monoisotopic (exact) mass is 301 g/mol. The Balaban J connectivity index is 1.72. The molecule has 0 bridgehead atoms. The minimum absolute atomic E-state index is 0.292. The van der Waals surface area contributed by atoms with Crippen LogP contribution in [0.2, 0.25) is 0 Å². The third kappa shape index (κ3) is 3.27. The molecule has 0 radical (unpaired) electrons. The van der Waals surface area contributed by atoms with Crippen LogP contribution in [0.1, 0.15) is 44.7 Å². The Bertz CT molecular complexity index is 529. The molecule has 1 aromatic carbocycles. The van der Waals surface area contributed by atoms with Gasteiger partial charge >= 0.3 is 0 Å². The molecule has 2 unspecified atom stereocenters. The number of nitrogens with one attached hydrogen (secondary N) is 1. The number of fused-ring (bicyclic) bond motifs is 1. The zero-order valence-corrected chi connectivity index (χ0v) is 13.7. The van der Waals surface area contributed by atoms with E-state index in [9.17, 15) is 0 Å². The summed E-state index contributed by atoms with van der Waals surface area (Å²) in [5.74, 6) is 1.47. The van der Waals surface area contributed by atoms with Gasteiger partial charge in [0.05, 0.1) is 12.6 Å². The normalized spacial score (nSPS) is 24.5. The Morgan fingerprint density at radius 3 is 3.05 bits per heavy atom. The first-order valence-corrected chi connectivity index (χ1v) is 8.59. The van der Waals surface area contributed by atoms with Gasteiger partial charge in [0.1, 0.15) is 5.75 Å². The minimum Gasteiger partial charge on any atom is -0.494 e. The van der Waals surface area contributed by atoms with Crippen molar-refractivity contribution in [2.24, 2.45) is 11.0 Å². The second kappa shape index (κ2) is 7.14. The van der Waals surface area contributed by atoms with E-state index in [1.54, 1.807) is 0 Å². The van der Waals surface area contributed by atoms with Crippen molar-refractivity contribution in [3.8, 4) is 5.75 Å². The highest BCUT2D eigenvalue weighted by Crippen LogP contribution is 2.33. The molecule has 120 valence electrons. The third-order valence-electron chi connectivity index (χ3n) is 4.55. The zero-order valence-electron chi connectivity index (χ0n) is 13.7. The number of nitrogens with zero attached hydrogens (tertiary/aromatic N) is 2. The van der Waals surface area contributed by atoms with E-state index in [0.29, 0.717) is 12.0 Å². The number of piperidine rings is 1. The maximum atomic E-state index is 5.78. The SMILES string of the molecule is CCCOc1cccc(C2NN=C3CCN(CCC)CC32)c1. The molecule has 1 fully saturated rings. The topological polar surface area (TPSA) is 36.9 Å². The Morgan fingerprint density at radius 1 is 1.32 bits per heavy atom. The van der Waals surface area contributed by atoms with Crippen molar-refractivity contribution < 1.29 is 4.74 Å². The maximum absolute atomic E-state index is 5.78. The number of hydrogen-bond acceptors (Lipinski definition) is 4.